The summed E-state index contributed by atoms with van der Waals surface area (Å²) in [5, 5.41) is 0. The zero-order chi connectivity index (χ0) is 17.8. The van der Waals surface area contributed by atoms with Gasteiger partial charge in [-0.3, -0.25) is 9.59 Å². The number of benzene rings is 1. The van der Waals surface area contributed by atoms with Crippen LogP contribution >= 0.6 is 0 Å². The average Bonchev–Trinajstić information content (AvgIpc) is 3.12. The van der Waals surface area contributed by atoms with Crippen molar-refractivity contribution in [1.82, 2.24) is 9.80 Å². The van der Waals surface area contributed by atoms with Crippen molar-refractivity contribution in [1.29, 1.82) is 0 Å². The number of hydrogen-bond acceptors (Lipinski definition) is 2. The summed E-state index contributed by atoms with van der Waals surface area (Å²) in [4.78, 5) is 28.7. The van der Waals surface area contributed by atoms with Gasteiger partial charge in [-0.1, -0.05) is 37.3 Å². The predicted molar refractivity (Wildman–Crippen MR) is 99.2 cm³/mol. The van der Waals surface area contributed by atoms with Crippen LogP contribution in [0.15, 0.2) is 30.3 Å². The SMILES string of the molecule is CC[C@H](c1ccccc1)[C@H]1CCCN1C(=O)C1CCN(C(C)=O)CC1. The van der Waals surface area contributed by atoms with E-state index in [9.17, 15) is 9.59 Å². The molecule has 25 heavy (non-hydrogen) atoms. The summed E-state index contributed by atoms with van der Waals surface area (Å²) in [6.07, 6.45) is 4.88. The largest absolute Gasteiger partial charge is 0.343 e. The normalized spacial score (nSPS) is 22.9. The quantitative estimate of drug-likeness (QED) is 0.841. The number of carbonyl (C=O) groups is 2. The lowest BCUT2D eigenvalue weighted by atomic mass is 9.86. The molecule has 0 N–H and O–H groups in total. The van der Waals surface area contributed by atoms with Gasteiger partial charge in [0.25, 0.3) is 0 Å². The van der Waals surface area contributed by atoms with Gasteiger partial charge in [-0.05, 0) is 37.7 Å². The van der Waals surface area contributed by atoms with E-state index in [-0.39, 0.29) is 11.8 Å². The molecule has 1 aromatic carbocycles. The molecular formula is C21H30N2O2. The van der Waals surface area contributed by atoms with Gasteiger partial charge in [-0.15, -0.1) is 0 Å². The van der Waals surface area contributed by atoms with Crippen LogP contribution in [-0.2, 0) is 9.59 Å². The van der Waals surface area contributed by atoms with Crippen molar-refractivity contribution in [2.75, 3.05) is 19.6 Å². The Morgan fingerprint density at radius 2 is 1.76 bits per heavy atom. The number of nitrogens with zero attached hydrogens (tertiary/aromatic N) is 2. The third kappa shape index (κ3) is 3.88. The standard InChI is InChI=1S/C21H30N2O2/c1-3-19(17-8-5-4-6-9-17)20-10-7-13-23(20)21(25)18-11-14-22(15-12-18)16(2)24/h4-6,8-9,18-20H,3,7,10-15H2,1-2H3/t19-,20-/m1/s1. The van der Waals surface area contributed by atoms with Gasteiger partial charge in [0.05, 0.1) is 0 Å². The van der Waals surface area contributed by atoms with Crippen LogP contribution in [0, 0.1) is 5.92 Å². The van der Waals surface area contributed by atoms with Gasteiger partial charge in [-0.2, -0.15) is 0 Å². The van der Waals surface area contributed by atoms with Crippen molar-refractivity contribution < 1.29 is 9.59 Å². The van der Waals surface area contributed by atoms with E-state index in [2.05, 4.69) is 42.2 Å². The third-order valence-electron chi connectivity index (χ3n) is 6.00. The molecule has 2 heterocycles. The molecule has 136 valence electrons. The molecule has 4 heteroatoms. The van der Waals surface area contributed by atoms with Crippen LogP contribution in [-0.4, -0.2) is 47.3 Å². The minimum absolute atomic E-state index is 0.0875. The summed E-state index contributed by atoms with van der Waals surface area (Å²) >= 11 is 0. The first kappa shape index (κ1) is 18.0. The second kappa shape index (κ2) is 8.03. The van der Waals surface area contributed by atoms with Crippen LogP contribution in [0.4, 0.5) is 0 Å². The highest BCUT2D eigenvalue weighted by Gasteiger charge is 2.38. The fourth-order valence-electron chi connectivity index (χ4n) is 4.59. The Balaban J connectivity index is 1.69. The Morgan fingerprint density at radius 1 is 1.08 bits per heavy atom. The van der Waals surface area contributed by atoms with Crippen LogP contribution in [0.2, 0.25) is 0 Å². The zero-order valence-electron chi connectivity index (χ0n) is 15.5. The average molecular weight is 342 g/mol. The van der Waals surface area contributed by atoms with Crippen molar-refractivity contribution in [2.45, 2.75) is 57.9 Å². The van der Waals surface area contributed by atoms with Crippen LogP contribution in [0.3, 0.4) is 0 Å². The minimum atomic E-state index is 0.0875. The molecule has 0 radical (unpaired) electrons. The molecule has 2 aliphatic rings. The number of rotatable bonds is 4. The van der Waals surface area contributed by atoms with E-state index in [0.29, 0.717) is 17.9 Å². The molecule has 4 nitrogen and oxygen atoms in total. The first-order chi connectivity index (χ1) is 12.1. The molecule has 2 fully saturated rings. The summed E-state index contributed by atoms with van der Waals surface area (Å²) in [6, 6.07) is 11.0. The molecule has 0 unspecified atom stereocenters. The highest BCUT2D eigenvalue weighted by Crippen LogP contribution is 2.35. The molecule has 3 rings (SSSR count). The van der Waals surface area contributed by atoms with Crippen molar-refractivity contribution in [2.24, 2.45) is 5.92 Å². The summed E-state index contributed by atoms with van der Waals surface area (Å²) in [6.45, 7) is 6.17. The molecule has 0 spiro atoms. The lowest BCUT2D eigenvalue weighted by Crippen LogP contribution is -2.46. The second-order valence-electron chi connectivity index (χ2n) is 7.45. The maximum absolute atomic E-state index is 13.2. The van der Waals surface area contributed by atoms with Gasteiger partial charge < -0.3 is 9.80 Å². The molecule has 0 aromatic heterocycles. The Hall–Kier alpha value is -1.84. The van der Waals surface area contributed by atoms with Crippen LogP contribution in [0.25, 0.3) is 0 Å². The summed E-state index contributed by atoms with van der Waals surface area (Å²) < 4.78 is 0. The Labute approximate surface area is 151 Å². The van der Waals surface area contributed by atoms with Crippen LogP contribution < -0.4 is 0 Å². The monoisotopic (exact) mass is 342 g/mol. The highest BCUT2D eigenvalue weighted by molar-refractivity contribution is 5.80. The lowest BCUT2D eigenvalue weighted by Gasteiger charge is -2.37. The summed E-state index contributed by atoms with van der Waals surface area (Å²) in [5.74, 6) is 0.953. The van der Waals surface area contributed by atoms with Crippen LogP contribution in [0.1, 0.15) is 57.4 Å². The number of carbonyl (C=O) groups excluding carboxylic acids is 2. The van der Waals surface area contributed by atoms with E-state index in [1.807, 2.05) is 4.90 Å². The number of hydrogen-bond donors (Lipinski definition) is 0. The zero-order valence-corrected chi connectivity index (χ0v) is 15.5. The minimum Gasteiger partial charge on any atom is -0.343 e. The molecule has 0 aliphatic carbocycles. The van der Waals surface area contributed by atoms with E-state index in [0.717, 1.165) is 51.7 Å². The van der Waals surface area contributed by atoms with E-state index < -0.39 is 0 Å². The fourth-order valence-corrected chi connectivity index (χ4v) is 4.59. The van der Waals surface area contributed by atoms with Crippen molar-refractivity contribution >= 4 is 11.8 Å². The van der Waals surface area contributed by atoms with Gasteiger partial charge in [0.1, 0.15) is 0 Å². The molecule has 2 atom stereocenters. The van der Waals surface area contributed by atoms with Gasteiger partial charge in [0.2, 0.25) is 11.8 Å². The number of piperidine rings is 1. The van der Waals surface area contributed by atoms with Gasteiger partial charge in [0, 0.05) is 44.4 Å². The van der Waals surface area contributed by atoms with Crippen molar-refractivity contribution in [3.05, 3.63) is 35.9 Å². The van der Waals surface area contributed by atoms with Gasteiger partial charge in [-0.25, -0.2) is 0 Å². The second-order valence-corrected chi connectivity index (χ2v) is 7.45. The third-order valence-corrected chi connectivity index (χ3v) is 6.00. The van der Waals surface area contributed by atoms with E-state index in [1.165, 1.54) is 5.56 Å². The van der Waals surface area contributed by atoms with Crippen LogP contribution in [0.5, 0.6) is 0 Å². The van der Waals surface area contributed by atoms with Crippen molar-refractivity contribution in [3.63, 3.8) is 0 Å². The van der Waals surface area contributed by atoms with Gasteiger partial charge >= 0.3 is 0 Å². The maximum Gasteiger partial charge on any atom is 0.226 e. The molecule has 2 aliphatic heterocycles. The molecular weight excluding hydrogens is 312 g/mol. The molecule has 0 saturated carbocycles. The van der Waals surface area contributed by atoms with E-state index in [1.54, 1.807) is 6.92 Å². The van der Waals surface area contributed by atoms with Crippen molar-refractivity contribution in [3.8, 4) is 0 Å². The maximum atomic E-state index is 13.2. The number of likely N-dealkylation sites (tertiary alicyclic amines) is 2. The molecule has 2 amide bonds. The Bertz CT molecular complexity index is 593. The number of amides is 2. The van der Waals surface area contributed by atoms with E-state index in [4.69, 9.17) is 0 Å². The topological polar surface area (TPSA) is 40.6 Å². The summed E-state index contributed by atoms with van der Waals surface area (Å²) in [7, 11) is 0. The van der Waals surface area contributed by atoms with Gasteiger partial charge in [0.15, 0.2) is 0 Å². The molecule has 0 bridgehead atoms. The highest BCUT2D eigenvalue weighted by atomic mass is 16.2. The predicted octanol–water partition coefficient (Wildman–Crippen LogP) is 3.43. The summed E-state index contributed by atoms with van der Waals surface area (Å²) in [5.41, 5.74) is 1.35. The Morgan fingerprint density at radius 3 is 2.36 bits per heavy atom. The Kier molecular flexibility index (Phi) is 5.77. The first-order valence-corrected chi connectivity index (χ1v) is 9.72. The van der Waals surface area contributed by atoms with E-state index >= 15 is 0 Å². The first-order valence-electron chi connectivity index (χ1n) is 9.72. The lowest BCUT2D eigenvalue weighted by molar-refractivity contribution is -0.141. The smallest absolute Gasteiger partial charge is 0.226 e. The molecule has 1 aromatic rings. The fraction of sp³-hybridized carbons (Fsp3) is 0.619. The molecule has 2 saturated heterocycles.